The quantitative estimate of drug-likeness (QED) is 0.0674. The Morgan fingerprint density at radius 1 is 1.12 bits per heavy atom. The molecule has 2 heterocycles. The van der Waals surface area contributed by atoms with Gasteiger partial charge >= 0.3 is 18.1 Å². The van der Waals surface area contributed by atoms with Crippen LogP contribution in [0.5, 0.6) is 0 Å². The van der Waals surface area contributed by atoms with Crippen LogP contribution in [0, 0.1) is 0 Å². The molecule has 2 fully saturated rings. The van der Waals surface area contributed by atoms with Gasteiger partial charge in [0, 0.05) is 32.1 Å². The number of rotatable bonds is 11. The molecule has 0 aromatic heterocycles. The molecule has 0 bridgehead atoms. The van der Waals surface area contributed by atoms with Gasteiger partial charge in [0.15, 0.2) is 5.84 Å². The summed E-state index contributed by atoms with van der Waals surface area (Å²) in [6, 6.07) is 4.65. The number of esters is 1. The number of carbonyl (C=O) groups is 5. The van der Waals surface area contributed by atoms with Crippen LogP contribution in [-0.4, -0.2) is 95.7 Å². The molecule has 0 aliphatic carbocycles. The molecular weight excluding hydrogens is 536 g/mol. The van der Waals surface area contributed by atoms with Crippen LogP contribution in [0.25, 0.3) is 0 Å². The van der Waals surface area contributed by atoms with Crippen molar-refractivity contribution in [1.29, 1.82) is 0 Å². The number of hydrogen-bond acceptors (Lipinski definition) is 9. The Morgan fingerprint density at radius 2 is 1.78 bits per heavy atom. The van der Waals surface area contributed by atoms with Gasteiger partial charge in [-0.05, 0) is 56.9 Å². The first-order valence-electron chi connectivity index (χ1n) is 13.7. The van der Waals surface area contributed by atoms with Gasteiger partial charge in [0.05, 0.1) is 18.9 Å². The van der Waals surface area contributed by atoms with Crippen LogP contribution in [0.4, 0.5) is 15.3 Å². The second-order valence-corrected chi connectivity index (χ2v) is 9.90. The lowest BCUT2D eigenvalue weighted by Crippen LogP contribution is -2.56. The fraction of sp³-hybridized carbons (Fsp3) is 0.556. The van der Waals surface area contributed by atoms with E-state index in [0.717, 1.165) is 11.3 Å². The highest BCUT2D eigenvalue weighted by atomic mass is 16.6. The minimum Gasteiger partial charge on any atom is -0.464 e. The maximum absolute atomic E-state index is 13.6. The molecule has 0 radical (unpaired) electrons. The van der Waals surface area contributed by atoms with E-state index in [1.807, 2.05) is 6.92 Å². The molecule has 2 aliphatic heterocycles. The van der Waals surface area contributed by atoms with E-state index in [1.165, 1.54) is 4.90 Å². The maximum Gasteiger partial charge on any atom is 0.407 e. The Labute approximate surface area is 238 Å². The largest absolute Gasteiger partial charge is 0.464 e. The first-order chi connectivity index (χ1) is 19.6. The number of likely N-dealkylation sites (N-methyl/N-ethyl adjacent to an activating group) is 1. The molecule has 1 aromatic rings. The number of likely N-dealkylation sites (tertiary alicyclic amines) is 1. The van der Waals surface area contributed by atoms with E-state index in [2.05, 4.69) is 10.5 Å². The van der Waals surface area contributed by atoms with Crippen LogP contribution in [0.15, 0.2) is 29.4 Å². The topological polar surface area (TPSA) is 184 Å². The third kappa shape index (κ3) is 6.87. The summed E-state index contributed by atoms with van der Waals surface area (Å²) in [6.07, 6.45) is 1.25. The van der Waals surface area contributed by atoms with Crippen molar-refractivity contribution in [3.05, 3.63) is 29.8 Å². The molecular formula is C27H38N6O8. The van der Waals surface area contributed by atoms with Crippen molar-refractivity contribution in [2.24, 2.45) is 10.9 Å². The molecule has 14 heteroatoms. The maximum atomic E-state index is 13.6. The third-order valence-corrected chi connectivity index (χ3v) is 7.43. The molecule has 1 aromatic carbocycles. The number of urea groups is 1. The molecule has 41 heavy (non-hydrogen) atoms. The van der Waals surface area contributed by atoms with Crippen molar-refractivity contribution in [2.75, 3.05) is 38.3 Å². The van der Waals surface area contributed by atoms with Crippen LogP contribution in [0.3, 0.4) is 0 Å². The number of piperidine rings is 1. The van der Waals surface area contributed by atoms with Gasteiger partial charge in [0.2, 0.25) is 5.91 Å². The van der Waals surface area contributed by atoms with Gasteiger partial charge in [-0.1, -0.05) is 18.5 Å². The first-order valence-corrected chi connectivity index (χ1v) is 13.7. The number of ether oxygens (including phenoxy) is 2. The van der Waals surface area contributed by atoms with Crippen LogP contribution in [0.2, 0.25) is 0 Å². The van der Waals surface area contributed by atoms with Crippen LogP contribution in [0.1, 0.15) is 57.9 Å². The van der Waals surface area contributed by atoms with E-state index < -0.39 is 29.7 Å². The molecule has 1 atom stereocenters. The Morgan fingerprint density at radius 3 is 2.37 bits per heavy atom. The second kappa shape index (κ2) is 13.8. The number of alkyl carbamates (subject to hydrolysis) is 1. The number of amides is 5. The average molecular weight is 575 g/mol. The van der Waals surface area contributed by atoms with Crippen molar-refractivity contribution >= 4 is 41.4 Å². The highest BCUT2D eigenvalue weighted by molar-refractivity contribution is 6.23. The van der Waals surface area contributed by atoms with Gasteiger partial charge < -0.3 is 35.5 Å². The van der Waals surface area contributed by atoms with E-state index in [0.29, 0.717) is 17.7 Å². The normalized spacial score (nSPS) is 17.5. The van der Waals surface area contributed by atoms with Gasteiger partial charge in [0.25, 0.3) is 5.91 Å². The summed E-state index contributed by atoms with van der Waals surface area (Å²) in [4.78, 5) is 68.3. The molecule has 2 aliphatic rings. The number of nitrogens with two attached hydrogens (primary N) is 1. The highest BCUT2D eigenvalue weighted by Gasteiger charge is 2.57. The van der Waals surface area contributed by atoms with Crippen molar-refractivity contribution in [2.45, 2.75) is 64.0 Å². The monoisotopic (exact) mass is 574 g/mol. The first kappa shape index (κ1) is 31.2. The van der Waals surface area contributed by atoms with Crippen molar-refractivity contribution in [1.82, 2.24) is 15.1 Å². The van der Waals surface area contributed by atoms with Gasteiger partial charge in [-0.15, -0.1) is 0 Å². The van der Waals surface area contributed by atoms with E-state index in [4.69, 9.17) is 20.4 Å². The molecule has 0 saturated carbocycles. The molecule has 5 amide bonds. The number of imide groups is 1. The summed E-state index contributed by atoms with van der Waals surface area (Å²) in [5.74, 6) is -1.38. The second-order valence-electron chi connectivity index (χ2n) is 9.90. The number of carbonyl (C=O) groups excluding carboxylic acids is 5. The van der Waals surface area contributed by atoms with Gasteiger partial charge in [-0.2, -0.15) is 0 Å². The Kier molecular flexibility index (Phi) is 10.5. The fourth-order valence-electron chi connectivity index (χ4n) is 4.92. The summed E-state index contributed by atoms with van der Waals surface area (Å²) < 4.78 is 10.1. The van der Waals surface area contributed by atoms with Crippen molar-refractivity contribution in [3.63, 3.8) is 0 Å². The predicted molar refractivity (Wildman–Crippen MR) is 147 cm³/mol. The number of nitrogens with one attached hydrogen (secondary N) is 1. The highest BCUT2D eigenvalue weighted by Crippen LogP contribution is 2.38. The summed E-state index contributed by atoms with van der Waals surface area (Å²) >= 11 is 0. The minimum absolute atomic E-state index is 0.0226. The smallest absolute Gasteiger partial charge is 0.407 e. The molecule has 14 nitrogen and oxygen atoms in total. The number of anilines is 1. The van der Waals surface area contributed by atoms with Crippen molar-refractivity contribution in [3.8, 4) is 0 Å². The number of nitrogens with zero attached hydrogens (tertiary/aromatic N) is 4. The molecule has 2 saturated heterocycles. The number of benzene rings is 1. The summed E-state index contributed by atoms with van der Waals surface area (Å²) in [5.41, 5.74) is 5.28. The van der Waals surface area contributed by atoms with E-state index in [1.54, 1.807) is 43.1 Å². The van der Waals surface area contributed by atoms with Crippen LogP contribution >= 0.6 is 0 Å². The lowest BCUT2D eigenvalue weighted by atomic mass is 9.86. The number of unbranched alkanes of at least 4 members (excludes halogenated alkanes) is 1. The van der Waals surface area contributed by atoms with Crippen molar-refractivity contribution < 1.29 is 38.7 Å². The Balaban J connectivity index is 1.61. The lowest BCUT2D eigenvalue weighted by molar-refractivity contribution is -0.146. The molecule has 3 rings (SSSR count). The SMILES string of the molecule is CCCCOC(=O)N[C@@H](CCC(=O)N1CCC2(CC1)C(=O)N(c1ccc(C(N)=NO)cc1)C(=O)N2C)C(=O)OCC. The minimum atomic E-state index is -1.10. The van der Waals surface area contributed by atoms with Gasteiger partial charge in [-0.3, -0.25) is 9.59 Å². The zero-order chi connectivity index (χ0) is 30.2. The Hall–Kier alpha value is -4.36. The van der Waals surface area contributed by atoms with E-state index >= 15 is 0 Å². The summed E-state index contributed by atoms with van der Waals surface area (Å²) in [5, 5.41) is 14.3. The zero-order valence-electron chi connectivity index (χ0n) is 23.6. The van der Waals surface area contributed by atoms with Crippen LogP contribution in [-0.2, 0) is 23.9 Å². The lowest BCUT2D eigenvalue weighted by Gasteiger charge is -2.40. The number of oxime groups is 1. The van der Waals surface area contributed by atoms with Crippen LogP contribution < -0.4 is 16.0 Å². The zero-order valence-corrected chi connectivity index (χ0v) is 23.6. The average Bonchev–Trinajstić information content (AvgIpc) is 3.15. The van der Waals surface area contributed by atoms with Gasteiger partial charge in [0.1, 0.15) is 11.6 Å². The molecule has 1 spiro atoms. The van der Waals surface area contributed by atoms with E-state index in [9.17, 15) is 24.0 Å². The number of hydrogen-bond donors (Lipinski definition) is 3. The summed E-state index contributed by atoms with van der Waals surface area (Å²) in [7, 11) is 1.57. The number of amidine groups is 1. The molecule has 4 N–H and O–H groups in total. The third-order valence-electron chi connectivity index (χ3n) is 7.43. The summed E-state index contributed by atoms with van der Waals surface area (Å²) in [6.45, 7) is 4.41. The van der Waals surface area contributed by atoms with E-state index in [-0.39, 0.29) is 69.6 Å². The Bertz CT molecular complexity index is 1160. The predicted octanol–water partition coefficient (Wildman–Crippen LogP) is 1.78. The molecule has 0 unspecified atom stereocenters. The standard InChI is InChI=1S/C27H38N6O8/c1-4-6-17-41-25(37)29-20(23(35)40-5-2)11-12-21(34)32-15-13-27(14-16-32)24(36)33(26(38)31(27)3)19-9-7-18(8-10-19)22(28)30-39/h7-10,20,39H,4-6,11-17H2,1-3H3,(H2,28,30)(H,29,37)/t20-/m0/s1. The molecule has 224 valence electrons. The van der Waals surface area contributed by atoms with Gasteiger partial charge in [-0.25, -0.2) is 19.3 Å². The fourth-order valence-corrected chi connectivity index (χ4v) is 4.92.